The zero-order valence-corrected chi connectivity index (χ0v) is 18.7. The van der Waals surface area contributed by atoms with Crippen LogP contribution in [0.3, 0.4) is 0 Å². The number of carbonyl (C=O) groups is 1. The highest BCUT2D eigenvalue weighted by Gasteiger charge is 2.48. The molecule has 0 unspecified atom stereocenters. The Labute approximate surface area is 175 Å². The van der Waals surface area contributed by atoms with Gasteiger partial charge in [0.2, 0.25) is 10.0 Å². The molecule has 1 spiro atoms. The largest absolute Gasteiger partial charge is 0.382 e. The van der Waals surface area contributed by atoms with Crippen molar-refractivity contribution in [2.45, 2.75) is 76.5 Å². The first kappa shape index (κ1) is 22.8. The Bertz CT molecular complexity index is 645. The molecule has 0 aromatic carbocycles. The molecule has 3 fully saturated rings. The zero-order valence-electron chi connectivity index (χ0n) is 17.9. The number of ether oxygens (including phenoxy) is 2. The van der Waals surface area contributed by atoms with Crippen LogP contribution in [0.5, 0.6) is 0 Å². The maximum absolute atomic E-state index is 12.7. The maximum Gasteiger partial charge on any atom is 0.317 e. The van der Waals surface area contributed by atoms with Gasteiger partial charge in [0.05, 0.1) is 11.4 Å². The molecular weight excluding hydrogens is 394 g/mol. The van der Waals surface area contributed by atoms with Gasteiger partial charge in [0.1, 0.15) is 0 Å². The topological polar surface area (TPSA) is 88.2 Å². The Morgan fingerprint density at radius 3 is 2.55 bits per heavy atom. The van der Waals surface area contributed by atoms with Gasteiger partial charge in [0.15, 0.2) is 0 Å². The molecule has 0 aromatic heterocycles. The van der Waals surface area contributed by atoms with E-state index in [-0.39, 0.29) is 29.5 Å². The lowest BCUT2D eigenvalue weighted by Crippen LogP contribution is -2.56. The summed E-state index contributed by atoms with van der Waals surface area (Å²) in [5.41, 5.74) is -0.301. The van der Waals surface area contributed by atoms with Gasteiger partial charge in [-0.25, -0.2) is 13.2 Å². The predicted molar refractivity (Wildman–Crippen MR) is 111 cm³/mol. The first-order valence-electron chi connectivity index (χ1n) is 11.2. The molecule has 0 radical (unpaired) electrons. The third-order valence-corrected chi connectivity index (χ3v) is 8.30. The lowest BCUT2D eigenvalue weighted by molar-refractivity contribution is -0.122. The number of nitrogens with zero attached hydrogens (tertiary/aromatic N) is 2. The normalized spacial score (nSPS) is 24.8. The highest BCUT2D eigenvalue weighted by Crippen LogP contribution is 2.41. The average molecular weight is 432 g/mol. The Hall–Kier alpha value is -0.900. The average Bonchev–Trinajstić information content (AvgIpc) is 3.53. The maximum atomic E-state index is 12.7. The molecule has 29 heavy (non-hydrogen) atoms. The third kappa shape index (κ3) is 5.83. The predicted octanol–water partition coefficient (Wildman–Crippen LogP) is 1.95. The molecule has 1 N–H and O–H groups in total. The minimum Gasteiger partial charge on any atom is -0.382 e. The lowest BCUT2D eigenvalue weighted by atomic mass is 9.82. The molecule has 9 heteroatoms. The number of likely N-dealkylation sites (tertiary alicyclic amines) is 1. The molecule has 3 rings (SSSR count). The van der Waals surface area contributed by atoms with E-state index in [1.54, 1.807) is 11.2 Å². The number of hydrogen-bond acceptors (Lipinski definition) is 5. The van der Waals surface area contributed by atoms with Crippen molar-refractivity contribution in [3.8, 4) is 0 Å². The SMILES string of the molecule is CCOCCCNC(=O)N1CCC2(CC1)C[C@@H](N(C1CC1)S(=O)(=O)CC)CCO2. The summed E-state index contributed by atoms with van der Waals surface area (Å²) in [4.78, 5) is 14.2. The van der Waals surface area contributed by atoms with E-state index in [4.69, 9.17) is 9.47 Å². The molecule has 2 aliphatic heterocycles. The fourth-order valence-corrected chi connectivity index (χ4v) is 6.14. The van der Waals surface area contributed by atoms with E-state index in [0.29, 0.717) is 39.5 Å². The van der Waals surface area contributed by atoms with E-state index in [1.165, 1.54) is 0 Å². The van der Waals surface area contributed by atoms with Gasteiger partial charge >= 0.3 is 6.03 Å². The van der Waals surface area contributed by atoms with E-state index in [2.05, 4.69) is 5.32 Å². The zero-order chi connectivity index (χ0) is 20.9. The van der Waals surface area contributed by atoms with Crippen LogP contribution in [0.1, 0.15) is 58.8 Å². The van der Waals surface area contributed by atoms with Crippen LogP contribution >= 0.6 is 0 Å². The number of sulfonamides is 1. The fraction of sp³-hybridized carbons (Fsp3) is 0.950. The number of nitrogens with one attached hydrogen (secondary N) is 1. The summed E-state index contributed by atoms with van der Waals surface area (Å²) in [5.74, 6) is 0.158. The smallest absolute Gasteiger partial charge is 0.317 e. The molecule has 2 amide bonds. The monoisotopic (exact) mass is 431 g/mol. The second-order valence-electron chi connectivity index (χ2n) is 8.41. The highest BCUT2D eigenvalue weighted by atomic mass is 32.2. The standard InChI is InChI=1S/C20H37N3O5S/c1-3-27-14-5-11-21-19(24)22-12-9-20(10-13-22)16-18(8-15-28-20)23(17-6-7-17)29(25,26)4-2/h17-18H,3-16H2,1-2H3,(H,21,24)/t18-/m0/s1. The van der Waals surface area contributed by atoms with Gasteiger partial charge in [-0.1, -0.05) is 0 Å². The Balaban J connectivity index is 1.51. The molecule has 1 atom stereocenters. The van der Waals surface area contributed by atoms with Crippen molar-refractivity contribution >= 4 is 16.1 Å². The van der Waals surface area contributed by atoms with Gasteiger partial charge in [-0.05, 0) is 58.8 Å². The minimum absolute atomic E-state index is 0.0279. The quantitative estimate of drug-likeness (QED) is 0.564. The summed E-state index contributed by atoms with van der Waals surface area (Å²) in [7, 11) is -3.20. The van der Waals surface area contributed by atoms with Gasteiger partial charge in [-0.15, -0.1) is 0 Å². The molecule has 168 valence electrons. The molecule has 8 nitrogen and oxygen atoms in total. The fourth-order valence-electron chi connectivity index (χ4n) is 4.54. The summed E-state index contributed by atoms with van der Waals surface area (Å²) in [6.45, 7) is 7.55. The van der Waals surface area contributed by atoms with E-state index in [9.17, 15) is 13.2 Å². The van der Waals surface area contributed by atoms with E-state index in [1.807, 2.05) is 11.8 Å². The van der Waals surface area contributed by atoms with Crippen molar-refractivity contribution in [1.82, 2.24) is 14.5 Å². The molecule has 0 aromatic rings. The summed E-state index contributed by atoms with van der Waals surface area (Å²) >= 11 is 0. The van der Waals surface area contributed by atoms with Crippen LogP contribution in [0.2, 0.25) is 0 Å². The van der Waals surface area contributed by atoms with E-state index in [0.717, 1.165) is 44.9 Å². The lowest BCUT2D eigenvalue weighted by Gasteiger charge is -2.48. The second-order valence-corrected chi connectivity index (χ2v) is 10.6. The number of rotatable bonds is 9. The Kier molecular flexibility index (Phi) is 7.81. The van der Waals surface area contributed by atoms with Crippen LogP contribution in [0.25, 0.3) is 0 Å². The van der Waals surface area contributed by atoms with Crippen molar-refractivity contribution in [1.29, 1.82) is 0 Å². The summed E-state index contributed by atoms with van der Waals surface area (Å²) in [6.07, 6.45) is 5.79. The van der Waals surface area contributed by atoms with Gasteiger partial charge in [-0.3, -0.25) is 0 Å². The third-order valence-electron chi connectivity index (χ3n) is 6.33. The molecule has 2 saturated heterocycles. The summed E-state index contributed by atoms with van der Waals surface area (Å²) in [5, 5.41) is 2.96. The molecule has 1 saturated carbocycles. The van der Waals surface area contributed by atoms with Crippen LogP contribution in [-0.4, -0.2) is 86.5 Å². The van der Waals surface area contributed by atoms with Crippen LogP contribution < -0.4 is 5.32 Å². The first-order chi connectivity index (χ1) is 13.9. The molecule has 1 aliphatic carbocycles. The van der Waals surface area contributed by atoms with Crippen LogP contribution in [0, 0.1) is 0 Å². The van der Waals surface area contributed by atoms with E-state index >= 15 is 0 Å². The van der Waals surface area contributed by atoms with E-state index < -0.39 is 10.0 Å². The molecule has 2 heterocycles. The van der Waals surface area contributed by atoms with Crippen LogP contribution in [-0.2, 0) is 19.5 Å². The number of carbonyl (C=O) groups excluding carboxylic acids is 1. The Morgan fingerprint density at radius 2 is 1.93 bits per heavy atom. The van der Waals surface area contributed by atoms with Crippen molar-refractivity contribution < 1.29 is 22.7 Å². The van der Waals surface area contributed by atoms with Crippen LogP contribution in [0.4, 0.5) is 4.79 Å². The highest BCUT2D eigenvalue weighted by molar-refractivity contribution is 7.89. The van der Waals surface area contributed by atoms with Crippen molar-refractivity contribution in [2.24, 2.45) is 0 Å². The number of piperidine rings is 1. The minimum atomic E-state index is -3.20. The number of urea groups is 1. The number of hydrogen-bond donors (Lipinski definition) is 1. The summed E-state index contributed by atoms with van der Waals surface area (Å²) in [6, 6.07) is 0.180. The van der Waals surface area contributed by atoms with Gasteiger partial charge < -0.3 is 19.7 Å². The second kappa shape index (κ2) is 9.94. The van der Waals surface area contributed by atoms with Gasteiger partial charge in [-0.2, -0.15) is 4.31 Å². The first-order valence-corrected chi connectivity index (χ1v) is 12.8. The van der Waals surface area contributed by atoms with Gasteiger partial charge in [0, 0.05) is 51.5 Å². The molecule has 0 bridgehead atoms. The molecular formula is C20H37N3O5S. The molecule has 3 aliphatic rings. The summed E-state index contributed by atoms with van der Waals surface area (Å²) < 4.78 is 38.6. The van der Waals surface area contributed by atoms with Crippen molar-refractivity contribution in [3.63, 3.8) is 0 Å². The number of amides is 2. The van der Waals surface area contributed by atoms with Gasteiger partial charge in [0.25, 0.3) is 0 Å². The Morgan fingerprint density at radius 1 is 1.21 bits per heavy atom. The van der Waals surface area contributed by atoms with Crippen molar-refractivity contribution in [2.75, 3.05) is 45.2 Å². The van der Waals surface area contributed by atoms with Crippen molar-refractivity contribution in [3.05, 3.63) is 0 Å². The van der Waals surface area contributed by atoms with Crippen LogP contribution in [0.15, 0.2) is 0 Å².